The lowest BCUT2D eigenvalue weighted by Gasteiger charge is -2.57. The highest BCUT2D eigenvalue weighted by Gasteiger charge is 2.47. The van der Waals surface area contributed by atoms with E-state index in [4.69, 9.17) is 5.26 Å². The lowest BCUT2D eigenvalue weighted by molar-refractivity contribution is 0.0904. The zero-order valence-corrected chi connectivity index (χ0v) is 8.74. The second kappa shape index (κ2) is 3.00. The Hall–Kier alpha value is -1.49. The number of anilines is 1. The van der Waals surface area contributed by atoms with Crippen LogP contribution in [-0.2, 0) is 0 Å². The van der Waals surface area contributed by atoms with Gasteiger partial charge in [0.05, 0.1) is 11.3 Å². The first-order chi connectivity index (χ1) is 7.33. The number of nitrogens with zero attached hydrogens (tertiary/aromatic N) is 2. The molecule has 76 valence electrons. The molecule has 2 nitrogen and oxygen atoms in total. The summed E-state index contributed by atoms with van der Waals surface area (Å²) in [6.07, 6.45) is 4.17. The molecule has 15 heavy (non-hydrogen) atoms. The van der Waals surface area contributed by atoms with E-state index in [1.165, 1.54) is 19.3 Å². The van der Waals surface area contributed by atoms with Crippen LogP contribution in [0.3, 0.4) is 0 Å². The molecule has 1 aromatic rings. The number of nitriles is 1. The lowest BCUT2D eigenvalue weighted by Crippen LogP contribution is -2.60. The molecular weight excluding hydrogens is 184 g/mol. The van der Waals surface area contributed by atoms with Crippen LogP contribution in [0.25, 0.3) is 0 Å². The maximum absolute atomic E-state index is 9.01. The summed E-state index contributed by atoms with van der Waals surface area (Å²) in [5.41, 5.74) is 2.56. The Kier molecular flexibility index (Phi) is 1.76. The van der Waals surface area contributed by atoms with Crippen molar-refractivity contribution >= 4 is 5.69 Å². The van der Waals surface area contributed by atoms with E-state index in [-0.39, 0.29) is 0 Å². The summed E-state index contributed by atoms with van der Waals surface area (Å²) in [7, 11) is 0. The van der Waals surface area contributed by atoms with Crippen molar-refractivity contribution in [2.45, 2.75) is 19.3 Å². The first-order valence-electron chi connectivity index (χ1n) is 5.57. The average molecular weight is 198 g/mol. The topological polar surface area (TPSA) is 27.0 Å². The molecule has 0 atom stereocenters. The quantitative estimate of drug-likeness (QED) is 0.693. The Morgan fingerprint density at radius 3 is 2.53 bits per heavy atom. The van der Waals surface area contributed by atoms with Crippen LogP contribution in [0.5, 0.6) is 0 Å². The fraction of sp³-hybridized carbons (Fsp3) is 0.462. The van der Waals surface area contributed by atoms with Crippen molar-refractivity contribution in [3.05, 3.63) is 29.8 Å². The van der Waals surface area contributed by atoms with E-state index in [1.807, 2.05) is 18.2 Å². The normalized spacial score (nSPS) is 21.7. The van der Waals surface area contributed by atoms with Gasteiger partial charge in [-0.1, -0.05) is 18.6 Å². The molecule has 1 heterocycles. The number of hydrogen-bond donors (Lipinski definition) is 0. The van der Waals surface area contributed by atoms with Crippen LogP contribution in [0.2, 0.25) is 0 Å². The minimum atomic E-state index is 0.628. The summed E-state index contributed by atoms with van der Waals surface area (Å²) in [5, 5.41) is 9.01. The molecule has 0 N–H and O–H groups in total. The Morgan fingerprint density at radius 2 is 1.93 bits per heavy atom. The largest absolute Gasteiger partial charge is 0.369 e. The zero-order chi connectivity index (χ0) is 10.3. The van der Waals surface area contributed by atoms with Crippen LogP contribution in [0, 0.1) is 16.7 Å². The van der Waals surface area contributed by atoms with Crippen LogP contribution < -0.4 is 4.90 Å². The number of para-hydroxylation sites is 1. The summed E-state index contributed by atoms with van der Waals surface area (Å²) in [6, 6.07) is 10.2. The van der Waals surface area contributed by atoms with Crippen molar-refractivity contribution in [3.8, 4) is 6.07 Å². The molecule has 1 aromatic carbocycles. The molecule has 0 bridgehead atoms. The van der Waals surface area contributed by atoms with Gasteiger partial charge in [0, 0.05) is 18.5 Å². The monoisotopic (exact) mass is 198 g/mol. The third-order valence-electron chi connectivity index (χ3n) is 3.83. The van der Waals surface area contributed by atoms with Gasteiger partial charge in [-0.2, -0.15) is 5.26 Å². The Labute approximate surface area is 90.1 Å². The van der Waals surface area contributed by atoms with Gasteiger partial charge < -0.3 is 4.90 Å². The Morgan fingerprint density at radius 1 is 1.20 bits per heavy atom. The molecule has 0 radical (unpaired) electrons. The molecule has 0 aromatic heterocycles. The van der Waals surface area contributed by atoms with Crippen LogP contribution in [-0.4, -0.2) is 13.1 Å². The van der Waals surface area contributed by atoms with Gasteiger partial charge in [-0.25, -0.2) is 0 Å². The van der Waals surface area contributed by atoms with E-state index >= 15 is 0 Å². The van der Waals surface area contributed by atoms with Gasteiger partial charge in [-0.15, -0.1) is 0 Å². The highest BCUT2D eigenvalue weighted by molar-refractivity contribution is 5.61. The molecule has 2 heteroatoms. The molecule has 3 rings (SSSR count). The van der Waals surface area contributed by atoms with Crippen molar-refractivity contribution in [2.24, 2.45) is 5.41 Å². The van der Waals surface area contributed by atoms with E-state index < -0.39 is 0 Å². The number of rotatable bonds is 1. The smallest absolute Gasteiger partial charge is 0.101 e. The fourth-order valence-corrected chi connectivity index (χ4v) is 2.77. The van der Waals surface area contributed by atoms with Crippen LogP contribution in [0.15, 0.2) is 24.3 Å². The van der Waals surface area contributed by atoms with E-state index in [9.17, 15) is 0 Å². The maximum atomic E-state index is 9.01. The highest BCUT2D eigenvalue weighted by atomic mass is 15.2. The van der Waals surface area contributed by atoms with Crippen LogP contribution in [0.1, 0.15) is 24.8 Å². The predicted octanol–water partition coefficient (Wildman–Crippen LogP) is 2.55. The predicted molar refractivity (Wildman–Crippen MR) is 59.7 cm³/mol. The molecule has 1 aliphatic carbocycles. The summed E-state index contributed by atoms with van der Waals surface area (Å²) < 4.78 is 0. The standard InChI is InChI=1S/C13H14N2/c14-8-11-4-1-2-5-12(11)15-9-13(10-15)6-3-7-13/h1-2,4-5H,3,6-7,9-10H2. The molecule has 1 spiro atoms. The van der Waals surface area contributed by atoms with Crippen LogP contribution >= 0.6 is 0 Å². The molecule has 2 aliphatic rings. The second-order valence-electron chi connectivity index (χ2n) is 4.84. The minimum Gasteiger partial charge on any atom is -0.369 e. The van der Waals surface area contributed by atoms with E-state index in [0.29, 0.717) is 5.41 Å². The highest BCUT2D eigenvalue weighted by Crippen LogP contribution is 2.49. The SMILES string of the molecule is N#Cc1ccccc1N1CC2(CCC2)C1. The van der Waals surface area contributed by atoms with Crippen molar-refractivity contribution in [1.82, 2.24) is 0 Å². The first kappa shape index (κ1) is 8.79. The van der Waals surface area contributed by atoms with Gasteiger partial charge >= 0.3 is 0 Å². The van der Waals surface area contributed by atoms with Crippen molar-refractivity contribution in [2.75, 3.05) is 18.0 Å². The molecule has 0 unspecified atom stereocenters. The zero-order valence-electron chi connectivity index (χ0n) is 8.74. The molecule has 2 fully saturated rings. The molecule has 0 amide bonds. The minimum absolute atomic E-state index is 0.628. The van der Waals surface area contributed by atoms with Gasteiger partial charge in [0.15, 0.2) is 0 Å². The third kappa shape index (κ3) is 1.23. The maximum Gasteiger partial charge on any atom is 0.101 e. The van der Waals surface area contributed by atoms with E-state index in [0.717, 1.165) is 24.3 Å². The Balaban J connectivity index is 1.81. The first-order valence-corrected chi connectivity index (χ1v) is 5.57. The summed E-state index contributed by atoms with van der Waals surface area (Å²) >= 11 is 0. The summed E-state index contributed by atoms with van der Waals surface area (Å²) in [5.74, 6) is 0. The molecular formula is C13H14N2. The molecule has 1 saturated carbocycles. The van der Waals surface area contributed by atoms with Gasteiger partial charge in [0.2, 0.25) is 0 Å². The van der Waals surface area contributed by atoms with E-state index in [1.54, 1.807) is 0 Å². The van der Waals surface area contributed by atoms with Crippen molar-refractivity contribution in [1.29, 1.82) is 5.26 Å². The van der Waals surface area contributed by atoms with Gasteiger partial charge in [-0.05, 0) is 25.0 Å². The van der Waals surface area contributed by atoms with Crippen molar-refractivity contribution in [3.63, 3.8) is 0 Å². The van der Waals surface area contributed by atoms with Gasteiger partial charge in [0.1, 0.15) is 6.07 Å². The number of benzene rings is 1. The number of hydrogen-bond acceptors (Lipinski definition) is 2. The third-order valence-corrected chi connectivity index (χ3v) is 3.83. The van der Waals surface area contributed by atoms with E-state index in [2.05, 4.69) is 17.0 Å². The van der Waals surface area contributed by atoms with Crippen molar-refractivity contribution < 1.29 is 0 Å². The van der Waals surface area contributed by atoms with Gasteiger partial charge in [-0.3, -0.25) is 0 Å². The summed E-state index contributed by atoms with van der Waals surface area (Å²) in [4.78, 5) is 2.34. The average Bonchev–Trinajstić information content (AvgIpc) is 2.14. The summed E-state index contributed by atoms with van der Waals surface area (Å²) in [6.45, 7) is 2.32. The fourth-order valence-electron chi connectivity index (χ4n) is 2.77. The second-order valence-corrected chi connectivity index (χ2v) is 4.84. The van der Waals surface area contributed by atoms with Gasteiger partial charge in [0.25, 0.3) is 0 Å². The molecule has 1 aliphatic heterocycles. The Bertz CT molecular complexity index is 418. The van der Waals surface area contributed by atoms with Crippen LogP contribution in [0.4, 0.5) is 5.69 Å². The molecule has 1 saturated heterocycles. The lowest BCUT2D eigenvalue weighted by atomic mass is 9.63.